The van der Waals surface area contributed by atoms with Crippen LogP contribution in [0.1, 0.15) is 17.5 Å². The molecule has 2 aromatic rings. The van der Waals surface area contributed by atoms with Crippen molar-refractivity contribution in [3.05, 3.63) is 59.7 Å². The van der Waals surface area contributed by atoms with E-state index in [-0.39, 0.29) is 0 Å². The van der Waals surface area contributed by atoms with Crippen molar-refractivity contribution in [2.45, 2.75) is 24.7 Å². The lowest BCUT2D eigenvalue weighted by Gasteiger charge is -2.12. The van der Waals surface area contributed by atoms with Gasteiger partial charge in [-0.05, 0) is 55.2 Å². The number of hydrogen-bond donors (Lipinski definition) is 1. The number of benzene rings is 2. The molecule has 0 amide bonds. The molecule has 0 heterocycles. The van der Waals surface area contributed by atoms with Crippen LogP contribution >= 0.6 is 0 Å². The van der Waals surface area contributed by atoms with Gasteiger partial charge < -0.3 is 4.90 Å². The smallest absolute Gasteiger partial charge is 0.240 e. The van der Waals surface area contributed by atoms with Crippen molar-refractivity contribution in [1.82, 2.24) is 4.72 Å². The topological polar surface area (TPSA) is 49.4 Å². The van der Waals surface area contributed by atoms with Gasteiger partial charge >= 0.3 is 0 Å². The Bertz CT molecular complexity index is 738. The summed E-state index contributed by atoms with van der Waals surface area (Å²) < 4.78 is 27.1. The summed E-state index contributed by atoms with van der Waals surface area (Å²) in [5.74, 6) is 0. The summed E-state index contributed by atoms with van der Waals surface area (Å²) in [6.07, 6.45) is 1.62. The fourth-order valence-electron chi connectivity index (χ4n) is 2.33. The molecule has 23 heavy (non-hydrogen) atoms. The second-order valence-corrected chi connectivity index (χ2v) is 7.65. The summed E-state index contributed by atoms with van der Waals surface area (Å²) in [6.45, 7) is 2.32. The van der Waals surface area contributed by atoms with Crippen molar-refractivity contribution in [2.24, 2.45) is 0 Å². The number of nitrogens with zero attached hydrogens (tertiary/aromatic N) is 1. The van der Waals surface area contributed by atoms with Crippen LogP contribution in [0.5, 0.6) is 0 Å². The normalized spacial score (nSPS) is 11.4. The van der Waals surface area contributed by atoms with Crippen molar-refractivity contribution >= 4 is 15.7 Å². The van der Waals surface area contributed by atoms with Gasteiger partial charge in [0.15, 0.2) is 0 Å². The molecule has 0 spiro atoms. The van der Waals surface area contributed by atoms with Gasteiger partial charge in [-0.25, -0.2) is 13.1 Å². The van der Waals surface area contributed by atoms with Gasteiger partial charge in [0.05, 0.1) is 4.90 Å². The van der Waals surface area contributed by atoms with Gasteiger partial charge in [-0.3, -0.25) is 0 Å². The predicted molar refractivity (Wildman–Crippen MR) is 95.5 cm³/mol. The molecule has 4 nitrogen and oxygen atoms in total. The number of sulfonamides is 1. The second kappa shape index (κ2) is 7.62. The maximum Gasteiger partial charge on any atom is 0.240 e. The molecule has 0 fully saturated rings. The molecule has 0 aliphatic rings. The molecular formula is C18H24N2O2S. The first kappa shape index (κ1) is 17.5. The fraction of sp³-hybridized carbons (Fsp3) is 0.333. The quantitative estimate of drug-likeness (QED) is 0.793. The summed E-state index contributed by atoms with van der Waals surface area (Å²) in [5.41, 5.74) is 3.31. The highest BCUT2D eigenvalue weighted by molar-refractivity contribution is 7.89. The summed E-state index contributed by atoms with van der Waals surface area (Å²) >= 11 is 0. The highest BCUT2D eigenvalue weighted by Gasteiger charge is 2.12. The summed E-state index contributed by atoms with van der Waals surface area (Å²) in [4.78, 5) is 2.38. The Kier molecular flexibility index (Phi) is 5.80. The molecule has 0 unspecified atom stereocenters. The average molecular weight is 332 g/mol. The van der Waals surface area contributed by atoms with E-state index in [4.69, 9.17) is 0 Å². The van der Waals surface area contributed by atoms with Gasteiger partial charge in [0.25, 0.3) is 0 Å². The van der Waals surface area contributed by atoms with E-state index < -0.39 is 10.0 Å². The Balaban J connectivity index is 1.85. The largest absolute Gasteiger partial charge is 0.378 e. The lowest BCUT2D eigenvalue weighted by atomic mass is 10.1. The molecule has 0 atom stereocenters. The predicted octanol–water partition coefficient (Wildman–Crippen LogP) is 2.97. The Morgan fingerprint density at radius 2 is 1.74 bits per heavy atom. The van der Waals surface area contributed by atoms with Crippen LogP contribution in [0.25, 0.3) is 0 Å². The SMILES string of the molecule is Cc1cccc(S(=O)(=O)NCCCc2ccc(N(C)C)cc2)c1. The van der Waals surface area contributed by atoms with Gasteiger partial charge in [0.2, 0.25) is 10.0 Å². The first-order valence-corrected chi connectivity index (χ1v) is 9.19. The molecule has 2 rings (SSSR count). The summed E-state index contributed by atoms with van der Waals surface area (Å²) in [6, 6.07) is 15.3. The molecule has 0 aliphatic heterocycles. The monoisotopic (exact) mass is 332 g/mol. The molecular weight excluding hydrogens is 308 g/mol. The zero-order valence-corrected chi connectivity index (χ0v) is 14.7. The first-order valence-electron chi connectivity index (χ1n) is 7.71. The van der Waals surface area contributed by atoms with Crippen LogP contribution in [-0.4, -0.2) is 29.1 Å². The van der Waals surface area contributed by atoms with Crippen LogP contribution in [0.3, 0.4) is 0 Å². The number of nitrogens with one attached hydrogen (secondary N) is 1. The molecule has 0 radical (unpaired) electrons. The Morgan fingerprint density at radius 1 is 1.04 bits per heavy atom. The third kappa shape index (κ3) is 5.08. The highest BCUT2D eigenvalue weighted by Crippen LogP contribution is 2.14. The molecule has 5 heteroatoms. The minimum atomic E-state index is -3.41. The maximum atomic E-state index is 12.2. The van der Waals surface area contributed by atoms with Crippen LogP contribution in [0.15, 0.2) is 53.4 Å². The van der Waals surface area contributed by atoms with Crippen molar-refractivity contribution in [3.63, 3.8) is 0 Å². The van der Waals surface area contributed by atoms with Crippen molar-refractivity contribution in [2.75, 3.05) is 25.5 Å². The highest BCUT2D eigenvalue weighted by atomic mass is 32.2. The fourth-order valence-corrected chi connectivity index (χ4v) is 3.50. The zero-order chi connectivity index (χ0) is 16.9. The van der Waals surface area contributed by atoms with E-state index in [9.17, 15) is 8.42 Å². The van der Waals surface area contributed by atoms with Gasteiger partial charge in [-0.2, -0.15) is 0 Å². The molecule has 0 saturated heterocycles. The van der Waals surface area contributed by atoms with E-state index >= 15 is 0 Å². The Hall–Kier alpha value is -1.85. The minimum Gasteiger partial charge on any atom is -0.378 e. The molecule has 0 aliphatic carbocycles. The molecule has 0 aromatic heterocycles. The van der Waals surface area contributed by atoms with Crippen LogP contribution in [0, 0.1) is 6.92 Å². The van der Waals surface area contributed by atoms with E-state index in [0.717, 1.165) is 24.1 Å². The lowest BCUT2D eigenvalue weighted by molar-refractivity contribution is 0.579. The Morgan fingerprint density at radius 3 is 2.35 bits per heavy atom. The van der Waals surface area contributed by atoms with E-state index in [0.29, 0.717) is 11.4 Å². The van der Waals surface area contributed by atoms with E-state index in [1.165, 1.54) is 5.56 Å². The van der Waals surface area contributed by atoms with E-state index in [1.807, 2.05) is 27.1 Å². The number of hydrogen-bond acceptors (Lipinski definition) is 3. The molecule has 2 aromatic carbocycles. The molecule has 124 valence electrons. The summed E-state index contributed by atoms with van der Waals surface area (Å²) in [5, 5.41) is 0. The van der Waals surface area contributed by atoms with Gasteiger partial charge in [-0.1, -0.05) is 24.3 Å². The van der Waals surface area contributed by atoms with Crippen molar-refractivity contribution in [3.8, 4) is 0 Å². The molecule has 0 bridgehead atoms. The van der Waals surface area contributed by atoms with E-state index in [1.54, 1.807) is 18.2 Å². The van der Waals surface area contributed by atoms with E-state index in [2.05, 4.69) is 33.9 Å². The van der Waals surface area contributed by atoms with Gasteiger partial charge in [0.1, 0.15) is 0 Å². The van der Waals surface area contributed by atoms with Gasteiger partial charge in [0, 0.05) is 26.3 Å². The van der Waals surface area contributed by atoms with Crippen molar-refractivity contribution < 1.29 is 8.42 Å². The second-order valence-electron chi connectivity index (χ2n) is 5.88. The standard InChI is InChI=1S/C18H24N2O2S/c1-15-6-4-8-18(14-15)23(21,22)19-13-5-7-16-9-11-17(12-10-16)20(2)3/h4,6,8-12,14,19H,5,7,13H2,1-3H3. The number of aryl methyl sites for hydroxylation is 2. The Labute approximate surface area is 139 Å². The van der Waals surface area contributed by atoms with Crippen LogP contribution in [0.4, 0.5) is 5.69 Å². The zero-order valence-electron chi connectivity index (χ0n) is 13.9. The van der Waals surface area contributed by atoms with Gasteiger partial charge in [-0.15, -0.1) is 0 Å². The number of anilines is 1. The lowest BCUT2D eigenvalue weighted by Crippen LogP contribution is -2.25. The number of rotatable bonds is 7. The molecule has 0 saturated carbocycles. The third-order valence-electron chi connectivity index (χ3n) is 3.69. The summed E-state index contributed by atoms with van der Waals surface area (Å²) in [7, 11) is 0.606. The molecule has 1 N–H and O–H groups in total. The minimum absolute atomic E-state index is 0.327. The maximum absolute atomic E-state index is 12.2. The van der Waals surface area contributed by atoms with Crippen molar-refractivity contribution in [1.29, 1.82) is 0 Å². The van der Waals surface area contributed by atoms with Crippen LogP contribution in [0.2, 0.25) is 0 Å². The third-order valence-corrected chi connectivity index (χ3v) is 5.15. The average Bonchev–Trinajstić information content (AvgIpc) is 2.52. The van der Waals surface area contributed by atoms with Crippen LogP contribution < -0.4 is 9.62 Å². The van der Waals surface area contributed by atoms with Crippen LogP contribution in [-0.2, 0) is 16.4 Å². The first-order chi connectivity index (χ1) is 10.9.